The predicted octanol–water partition coefficient (Wildman–Crippen LogP) is 2.16. The zero-order valence-corrected chi connectivity index (χ0v) is 13.3. The highest BCUT2D eigenvalue weighted by Crippen LogP contribution is 2.19. The lowest BCUT2D eigenvalue weighted by molar-refractivity contribution is -0.113. The minimum Gasteiger partial charge on any atom is -0.301 e. The van der Waals surface area contributed by atoms with E-state index in [4.69, 9.17) is 0 Å². The molecular weight excluding hydrogens is 320 g/mol. The van der Waals surface area contributed by atoms with Crippen LogP contribution in [0.15, 0.2) is 41.0 Å². The number of hydrogen-bond acceptors (Lipinski definition) is 7. The Balaban J connectivity index is 1.66. The van der Waals surface area contributed by atoms with E-state index in [1.54, 1.807) is 16.3 Å². The molecule has 22 heavy (non-hydrogen) atoms. The highest BCUT2D eigenvalue weighted by molar-refractivity contribution is 7.99. The van der Waals surface area contributed by atoms with Crippen LogP contribution in [0.3, 0.4) is 0 Å². The fourth-order valence-corrected chi connectivity index (χ4v) is 3.00. The molecular formula is C13H12N6OS2. The van der Waals surface area contributed by atoms with E-state index in [9.17, 15) is 4.79 Å². The van der Waals surface area contributed by atoms with Crippen LogP contribution in [0.25, 0.3) is 5.69 Å². The molecule has 1 amide bonds. The third-order valence-electron chi connectivity index (χ3n) is 2.70. The van der Waals surface area contributed by atoms with Crippen molar-refractivity contribution < 1.29 is 4.79 Å². The number of aromatic nitrogens is 5. The third-order valence-corrected chi connectivity index (χ3v) is 4.31. The zero-order chi connectivity index (χ0) is 15.4. The molecule has 0 unspecified atom stereocenters. The van der Waals surface area contributed by atoms with Gasteiger partial charge in [0.15, 0.2) is 5.13 Å². The summed E-state index contributed by atoms with van der Waals surface area (Å²) >= 11 is 2.65. The van der Waals surface area contributed by atoms with Crippen LogP contribution in [0, 0.1) is 6.92 Å². The molecule has 3 rings (SSSR count). The van der Waals surface area contributed by atoms with Crippen LogP contribution in [-0.2, 0) is 4.79 Å². The van der Waals surface area contributed by atoms with Gasteiger partial charge >= 0.3 is 0 Å². The second-order valence-corrected chi connectivity index (χ2v) is 6.22. The minimum absolute atomic E-state index is 0.140. The molecule has 0 radical (unpaired) electrons. The first kappa shape index (κ1) is 14.7. The highest BCUT2D eigenvalue weighted by Gasteiger charge is 2.12. The highest BCUT2D eigenvalue weighted by atomic mass is 32.2. The number of thiazole rings is 1. The monoisotopic (exact) mass is 332 g/mol. The Morgan fingerprint density at radius 3 is 3.14 bits per heavy atom. The number of carbonyl (C=O) groups excluding carboxylic acids is 1. The topological polar surface area (TPSA) is 85.6 Å². The molecule has 0 saturated carbocycles. The van der Waals surface area contributed by atoms with Gasteiger partial charge in [-0.1, -0.05) is 23.9 Å². The number of nitrogens with one attached hydrogen (secondary N) is 1. The number of anilines is 1. The average molecular weight is 332 g/mol. The summed E-state index contributed by atoms with van der Waals surface area (Å²) < 4.78 is 1.62. The van der Waals surface area contributed by atoms with Crippen molar-refractivity contribution in [2.45, 2.75) is 12.1 Å². The van der Waals surface area contributed by atoms with Crippen molar-refractivity contribution in [2.75, 3.05) is 11.1 Å². The van der Waals surface area contributed by atoms with Crippen LogP contribution >= 0.6 is 23.1 Å². The summed E-state index contributed by atoms with van der Waals surface area (Å²) in [5.74, 6) is 0.0740. The molecule has 2 heterocycles. The molecule has 0 aliphatic rings. The number of amides is 1. The lowest BCUT2D eigenvalue weighted by Gasteiger charge is -2.05. The molecule has 0 spiro atoms. The van der Waals surface area contributed by atoms with Crippen LogP contribution < -0.4 is 5.32 Å². The maximum atomic E-state index is 11.9. The van der Waals surface area contributed by atoms with Crippen molar-refractivity contribution in [2.24, 2.45) is 0 Å². The van der Waals surface area contributed by atoms with Crippen molar-refractivity contribution in [1.29, 1.82) is 0 Å². The number of rotatable bonds is 5. The molecule has 0 bridgehead atoms. The number of carbonyl (C=O) groups is 1. The Labute approximate surface area is 134 Å². The molecule has 9 heteroatoms. The van der Waals surface area contributed by atoms with E-state index in [0.29, 0.717) is 10.3 Å². The van der Waals surface area contributed by atoms with Crippen molar-refractivity contribution in [3.8, 4) is 5.69 Å². The molecule has 0 aliphatic carbocycles. The first-order chi connectivity index (χ1) is 10.7. The molecule has 3 aromatic rings. The Morgan fingerprint density at radius 2 is 2.36 bits per heavy atom. The number of benzene rings is 1. The van der Waals surface area contributed by atoms with Crippen molar-refractivity contribution in [3.63, 3.8) is 0 Å². The molecule has 0 fully saturated rings. The van der Waals surface area contributed by atoms with Gasteiger partial charge in [-0.3, -0.25) is 4.79 Å². The first-order valence-corrected chi connectivity index (χ1v) is 8.26. The summed E-state index contributed by atoms with van der Waals surface area (Å²) in [6.07, 6.45) is 1.64. The fraction of sp³-hybridized carbons (Fsp3) is 0.154. The number of nitrogens with zero attached hydrogens (tertiary/aromatic N) is 5. The van der Waals surface area contributed by atoms with Crippen molar-refractivity contribution in [1.82, 2.24) is 25.2 Å². The van der Waals surface area contributed by atoms with E-state index in [-0.39, 0.29) is 11.7 Å². The second kappa shape index (κ2) is 6.67. The maximum Gasteiger partial charge on any atom is 0.236 e. The van der Waals surface area contributed by atoms with Gasteiger partial charge in [-0.25, -0.2) is 4.98 Å². The van der Waals surface area contributed by atoms with E-state index < -0.39 is 0 Å². The standard InChI is InChI=1S/C13H12N6OS2/c1-9-3-2-4-10(7-9)19-13(16-17-18-19)22-8-11(20)15-12-14-5-6-21-12/h2-7H,8H2,1H3,(H,14,15,20). The number of hydrogen-bond donors (Lipinski definition) is 1. The van der Waals surface area contributed by atoms with E-state index in [2.05, 4.69) is 25.8 Å². The number of tetrazole rings is 1. The van der Waals surface area contributed by atoms with Gasteiger partial charge < -0.3 is 5.32 Å². The predicted molar refractivity (Wildman–Crippen MR) is 85.4 cm³/mol. The van der Waals surface area contributed by atoms with E-state index >= 15 is 0 Å². The van der Waals surface area contributed by atoms with Crippen molar-refractivity contribution >= 4 is 34.1 Å². The fourth-order valence-electron chi connectivity index (χ4n) is 1.76. The summed E-state index contributed by atoms with van der Waals surface area (Å²) in [7, 11) is 0. The van der Waals surface area contributed by atoms with Gasteiger partial charge in [0.2, 0.25) is 11.1 Å². The summed E-state index contributed by atoms with van der Waals surface area (Å²) in [6, 6.07) is 7.84. The van der Waals surface area contributed by atoms with Gasteiger partial charge in [0.25, 0.3) is 0 Å². The van der Waals surface area contributed by atoms with E-state index in [1.165, 1.54) is 23.1 Å². The van der Waals surface area contributed by atoms with Crippen LogP contribution in [0.1, 0.15) is 5.56 Å². The molecule has 7 nitrogen and oxygen atoms in total. The van der Waals surface area contributed by atoms with Gasteiger partial charge in [0.1, 0.15) is 0 Å². The van der Waals surface area contributed by atoms with Gasteiger partial charge in [0, 0.05) is 11.6 Å². The Kier molecular flexibility index (Phi) is 4.45. The quantitative estimate of drug-likeness (QED) is 0.721. The van der Waals surface area contributed by atoms with Crippen LogP contribution in [0.4, 0.5) is 5.13 Å². The largest absolute Gasteiger partial charge is 0.301 e. The summed E-state index contributed by atoms with van der Waals surface area (Å²) in [4.78, 5) is 15.9. The van der Waals surface area contributed by atoms with Crippen LogP contribution in [0.2, 0.25) is 0 Å². The summed E-state index contributed by atoms with van der Waals surface area (Å²) in [6.45, 7) is 2.00. The van der Waals surface area contributed by atoms with Crippen LogP contribution in [-0.4, -0.2) is 36.9 Å². The molecule has 112 valence electrons. The van der Waals surface area contributed by atoms with Gasteiger partial charge in [-0.15, -0.1) is 16.4 Å². The van der Waals surface area contributed by atoms with Crippen LogP contribution in [0.5, 0.6) is 0 Å². The lowest BCUT2D eigenvalue weighted by Crippen LogP contribution is -2.14. The summed E-state index contributed by atoms with van der Waals surface area (Å²) in [5.41, 5.74) is 1.98. The molecule has 2 aromatic heterocycles. The Morgan fingerprint density at radius 1 is 1.45 bits per heavy atom. The second-order valence-electron chi connectivity index (χ2n) is 4.39. The molecule has 0 saturated heterocycles. The summed E-state index contributed by atoms with van der Waals surface area (Å²) in [5, 5.41) is 17.3. The molecule has 1 N–H and O–H groups in total. The minimum atomic E-state index is -0.140. The average Bonchev–Trinajstić information content (AvgIpc) is 3.16. The SMILES string of the molecule is Cc1cccc(-n2nnnc2SCC(=O)Nc2nccs2)c1. The maximum absolute atomic E-state index is 11.9. The van der Waals surface area contributed by atoms with Crippen molar-refractivity contribution in [3.05, 3.63) is 41.4 Å². The normalized spacial score (nSPS) is 10.6. The van der Waals surface area contributed by atoms with Gasteiger partial charge in [-0.2, -0.15) is 4.68 Å². The Bertz CT molecular complexity index is 770. The van der Waals surface area contributed by atoms with Gasteiger partial charge in [-0.05, 0) is 35.0 Å². The lowest BCUT2D eigenvalue weighted by atomic mass is 10.2. The number of thioether (sulfide) groups is 1. The van der Waals surface area contributed by atoms with E-state index in [1.807, 2.05) is 31.2 Å². The number of aryl methyl sites for hydroxylation is 1. The molecule has 0 atom stereocenters. The zero-order valence-electron chi connectivity index (χ0n) is 11.6. The Hall–Kier alpha value is -2.26. The molecule has 0 aliphatic heterocycles. The van der Waals surface area contributed by atoms with Gasteiger partial charge in [0.05, 0.1) is 11.4 Å². The molecule has 1 aromatic carbocycles. The first-order valence-electron chi connectivity index (χ1n) is 6.40. The third kappa shape index (κ3) is 3.49. The van der Waals surface area contributed by atoms with E-state index in [0.717, 1.165) is 11.3 Å². The smallest absolute Gasteiger partial charge is 0.236 e.